The van der Waals surface area contributed by atoms with E-state index in [9.17, 15) is 19.2 Å². The van der Waals surface area contributed by atoms with E-state index in [1.54, 1.807) is 5.41 Å². The van der Waals surface area contributed by atoms with Crippen molar-refractivity contribution in [2.24, 2.45) is 0 Å². The molecule has 0 aromatic heterocycles. The molecule has 3 rings (SSSR count). The molecule has 1 N–H and O–H groups in total. The lowest BCUT2D eigenvalue weighted by molar-refractivity contribution is -0.161. The Morgan fingerprint density at radius 1 is 1.32 bits per heavy atom. The van der Waals surface area contributed by atoms with Crippen LogP contribution >= 0.6 is 11.8 Å². The normalized spacial score (nSPS) is 24.5. The molecule has 2 aliphatic heterocycles. The van der Waals surface area contributed by atoms with Gasteiger partial charge in [0.25, 0.3) is 0 Å². The zero-order chi connectivity index (χ0) is 18.0. The maximum absolute atomic E-state index is 12.4. The fourth-order valence-corrected chi connectivity index (χ4v) is 4.05. The number of amides is 2. The van der Waals surface area contributed by atoms with Crippen molar-refractivity contribution in [3.63, 3.8) is 0 Å². The Balaban J connectivity index is 1.70. The fraction of sp³-hybridized carbons (Fsp3) is 0.294. The number of ether oxygens (including phenoxy) is 1. The Morgan fingerprint density at radius 3 is 2.68 bits per heavy atom. The summed E-state index contributed by atoms with van der Waals surface area (Å²) in [6.45, 7) is 0. The van der Waals surface area contributed by atoms with Gasteiger partial charge >= 0.3 is 5.97 Å². The number of β-lactam (4-membered cyclic amide) rings is 1. The number of aldehydes is 1. The van der Waals surface area contributed by atoms with Gasteiger partial charge in [-0.15, -0.1) is 11.8 Å². The molecule has 1 aromatic rings. The number of thioether (sulfide) groups is 1. The Morgan fingerprint density at radius 2 is 2.04 bits per heavy atom. The molecule has 7 nitrogen and oxygen atoms in total. The van der Waals surface area contributed by atoms with Crippen LogP contribution in [0.3, 0.4) is 0 Å². The fourth-order valence-electron chi connectivity index (χ4n) is 2.87. The molecule has 0 radical (unpaired) electrons. The zero-order valence-electron chi connectivity index (χ0n) is 13.4. The van der Waals surface area contributed by atoms with Gasteiger partial charge in [-0.25, -0.2) is 4.79 Å². The van der Waals surface area contributed by atoms with E-state index in [1.165, 1.54) is 23.8 Å². The van der Waals surface area contributed by atoms with Crippen molar-refractivity contribution in [3.8, 4) is 0 Å². The van der Waals surface area contributed by atoms with Crippen molar-refractivity contribution in [1.82, 2.24) is 10.2 Å². The summed E-state index contributed by atoms with van der Waals surface area (Å²) < 4.78 is 4.69. The van der Waals surface area contributed by atoms with E-state index in [0.29, 0.717) is 6.29 Å². The molecular formula is C17H16N2O5S. The predicted molar refractivity (Wildman–Crippen MR) is 90.3 cm³/mol. The van der Waals surface area contributed by atoms with E-state index in [2.05, 4.69) is 10.1 Å². The zero-order valence-corrected chi connectivity index (χ0v) is 14.2. The van der Waals surface area contributed by atoms with Crippen LogP contribution in [0.4, 0.5) is 0 Å². The summed E-state index contributed by atoms with van der Waals surface area (Å²) >= 11 is 1.23. The molecule has 8 heteroatoms. The number of hydrogen-bond donors (Lipinski definition) is 1. The Bertz CT molecular complexity index is 749. The topological polar surface area (TPSA) is 92.8 Å². The number of carbonyl (C=O) groups excluding carboxylic acids is 4. The minimum Gasteiger partial charge on any atom is -0.467 e. The highest BCUT2D eigenvalue weighted by Crippen LogP contribution is 2.39. The quantitative estimate of drug-likeness (QED) is 0.460. The van der Waals surface area contributed by atoms with Gasteiger partial charge in [-0.3, -0.25) is 14.4 Å². The summed E-state index contributed by atoms with van der Waals surface area (Å²) in [7, 11) is 1.20. The monoisotopic (exact) mass is 360 g/mol. The number of esters is 1. The molecule has 2 amide bonds. The SMILES string of the molecule is COC(=O)C1C(C=O)=CS[C@H]2C(NC(=O)Cc3ccccc3)C(=O)N12. The lowest BCUT2D eigenvalue weighted by Gasteiger charge is -2.51. The van der Waals surface area contributed by atoms with E-state index in [4.69, 9.17) is 0 Å². The van der Waals surface area contributed by atoms with Crippen LogP contribution in [-0.2, 0) is 30.3 Å². The minimum absolute atomic E-state index is 0.165. The van der Waals surface area contributed by atoms with Crippen LogP contribution in [0.2, 0.25) is 0 Å². The van der Waals surface area contributed by atoms with Crippen molar-refractivity contribution in [2.75, 3.05) is 7.11 Å². The van der Waals surface area contributed by atoms with Gasteiger partial charge in [-0.1, -0.05) is 30.3 Å². The first-order valence-electron chi connectivity index (χ1n) is 7.61. The Hall–Kier alpha value is -2.61. The predicted octanol–water partition coefficient (Wildman–Crippen LogP) is 0.253. The first kappa shape index (κ1) is 17.2. The average molecular weight is 360 g/mol. The van der Waals surface area contributed by atoms with Crippen LogP contribution in [0, 0.1) is 0 Å². The highest BCUT2D eigenvalue weighted by atomic mass is 32.2. The van der Waals surface area contributed by atoms with Crippen LogP contribution in [0.1, 0.15) is 5.56 Å². The highest BCUT2D eigenvalue weighted by molar-refractivity contribution is 8.03. The molecule has 1 fully saturated rings. The van der Waals surface area contributed by atoms with Gasteiger partial charge < -0.3 is 15.0 Å². The smallest absolute Gasteiger partial charge is 0.333 e. The van der Waals surface area contributed by atoms with Crippen LogP contribution in [0.15, 0.2) is 41.3 Å². The number of nitrogens with zero attached hydrogens (tertiary/aromatic N) is 1. The van der Waals surface area contributed by atoms with Crippen molar-refractivity contribution in [2.45, 2.75) is 23.9 Å². The number of carbonyl (C=O) groups is 4. The second kappa shape index (κ2) is 7.10. The number of benzene rings is 1. The largest absolute Gasteiger partial charge is 0.467 e. The minimum atomic E-state index is -1.05. The van der Waals surface area contributed by atoms with Gasteiger partial charge in [0.2, 0.25) is 11.8 Å². The average Bonchev–Trinajstić information content (AvgIpc) is 2.64. The number of hydrogen-bond acceptors (Lipinski definition) is 6. The third-order valence-electron chi connectivity index (χ3n) is 4.10. The standard InChI is InChI=1S/C17H16N2O5S/c1-24-17(23)14-11(8-20)9-25-16-13(15(22)19(14)16)18-12(21)7-10-5-3-2-4-6-10/h2-6,8-9,13-14,16H,7H2,1H3,(H,18,21)/t13?,14?,16-/m0/s1. The molecule has 1 saturated heterocycles. The molecule has 3 atom stereocenters. The molecule has 25 heavy (non-hydrogen) atoms. The molecule has 1 aromatic carbocycles. The third kappa shape index (κ3) is 3.17. The van der Waals surface area contributed by atoms with Crippen molar-refractivity contribution < 1.29 is 23.9 Å². The maximum atomic E-state index is 12.4. The molecule has 2 unspecified atom stereocenters. The van der Waals surface area contributed by atoms with Crippen LogP contribution in [0.25, 0.3) is 0 Å². The summed E-state index contributed by atoms with van der Waals surface area (Å²) in [6.07, 6.45) is 0.706. The molecule has 2 heterocycles. The summed E-state index contributed by atoms with van der Waals surface area (Å²) in [6, 6.07) is 7.41. The second-order valence-electron chi connectivity index (χ2n) is 5.64. The summed E-state index contributed by atoms with van der Waals surface area (Å²) in [5.74, 6) is -1.35. The van der Waals surface area contributed by atoms with Crippen molar-refractivity contribution >= 4 is 35.8 Å². The summed E-state index contributed by atoms with van der Waals surface area (Å²) in [4.78, 5) is 49.0. The Kier molecular flexibility index (Phi) is 4.89. The van der Waals surface area contributed by atoms with E-state index >= 15 is 0 Å². The molecule has 0 bridgehead atoms. The van der Waals surface area contributed by atoms with Gasteiger partial charge in [0.15, 0.2) is 6.04 Å². The lowest BCUT2D eigenvalue weighted by Crippen LogP contribution is -2.74. The molecule has 0 spiro atoms. The van der Waals surface area contributed by atoms with Gasteiger partial charge in [-0.2, -0.15) is 0 Å². The van der Waals surface area contributed by atoms with Crippen LogP contribution in [-0.4, -0.2) is 53.5 Å². The van der Waals surface area contributed by atoms with E-state index < -0.39 is 29.3 Å². The number of rotatable bonds is 5. The second-order valence-corrected chi connectivity index (χ2v) is 6.63. The number of methoxy groups -OCH3 is 1. The van der Waals surface area contributed by atoms with Crippen LogP contribution < -0.4 is 5.32 Å². The van der Waals surface area contributed by atoms with E-state index in [0.717, 1.165) is 5.56 Å². The van der Waals surface area contributed by atoms with E-state index in [-0.39, 0.29) is 17.9 Å². The van der Waals surface area contributed by atoms with Gasteiger partial charge in [0.1, 0.15) is 17.7 Å². The molecule has 0 saturated carbocycles. The molecular weight excluding hydrogens is 344 g/mol. The maximum Gasteiger partial charge on any atom is 0.333 e. The van der Waals surface area contributed by atoms with Crippen molar-refractivity contribution in [3.05, 3.63) is 46.9 Å². The highest BCUT2D eigenvalue weighted by Gasteiger charge is 2.56. The van der Waals surface area contributed by atoms with Crippen molar-refractivity contribution in [1.29, 1.82) is 0 Å². The molecule has 0 aliphatic carbocycles. The van der Waals surface area contributed by atoms with Gasteiger partial charge in [-0.05, 0) is 11.0 Å². The van der Waals surface area contributed by atoms with Gasteiger partial charge in [0, 0.05) is 5.57 Å². The van der Waals surface area contributed by atoms with Gasteiger partial charge in [0.05, 0.1) is 13.5 Å². The third-order valence-corrected chi connectivity index (χ3v) is 5.29. The Labute approximate surface area is 148 Å². The first-order valence-corrected chi connectivity index (χ1v) is 8.55. The molecule has 2 aliphatic rings. The first-order chi connectivity index (χ1) is 12.1. The lowest BCUT2D eigenvalue weighted by atomic mass is 9.98. The molecule has 130 valence electrons. The summed E-state index contributed by atoms with van der Waals surface area (Å²) in [5.41, 5.74) is 1.02. The van der Waals surface area contributed by atoms with E-state index in [1.807, 2.05) is 30.3 Å². The number of fused-ring (bicyclic) bond motifs is 1. The van der Waals surface area contributed by atoms with Crippen LogP contribution in [0.5, 0.6) is 0 Å². The summed E-state index contributed by atoms with van der Waals surface area (Å²) in [5, 5.41) is 3.81. The number of nitrogens with one attached hydrogen (secondary N) is 1.